The van der Waals surface area contributed by atoms with Gasteiger partial charge in [0.25, 0.3) is 0 Å². The molecular weight excluding hydrogens is 314 g/mol. The Labute approximate surface area is 146 Å². The third-order valence-corrected chi connectivity index (χ3v) is 4.67. The lowest BCUT2D eigenvalue weighted by atomic mass is 10.1. The zero-order chi connectivity index (χ0) is 17.2. The number of hydrogen-bond donors (Lipinski definition) is 3. The van der Waals surface area contributed by atoms with E-state index in [-0.39, 0.29) is 0 Å². The molecule has 0 aliphatic carbocycles. The average Bonchev–Trinajstić information content (AvgIpc) is 3.06. The van der Waals surface area contributed by atoms with Crippen LogP contribution in [0.1, 0.15) is 31.4 Å². The lowest BCUT2D eigenvalue weighted by Gasteiger charge is -2.24. The quantitative estimate of drug-likeness (QED) is 0.682. The number of nitrogens with one attached hydrogen (secondary N) is 2. The number of aliphatic hydroxyl groups is 1. The molecule has 3 aromatic heterocycles. The van der Waals surface area contributed by atoms with Gasteiger partial charge in [-0.25, -0.2) is 9.97 Å². The lowest BCUT2D eigenvalue weighted by molar-refractivity contribution is 0.199. The highest BCUT2D eigenvalue weighted by Crippen LogP contribution is 2.23. The number of aliphatic hydroxyl groups excluding tert-OH is 1. The van der Waals surface area contributed by atoms with E-state index in [1.807, 2.05) is 47.1 Å². The maximum atomic E-state index is 9.84. The normalized spacial score (nSPS) is 19.0. The Morgan fingerprint density at radius 3 is 3.04 bits per heavy atom. The second-order valence-electron chi connectivity index (χ2n) is 6.61. The van der Waals surface area contributed by atoms with Crippen LogP contribution in [0.5, 0.6) is 0 Å². The van der Waals surface area contributed by atoms with Crippen LogP contribution in [0.3, 0.4) is 0 Å². The Bertz CT molecular complexity index is 867. The largest absolute Gasteiger partial charge is 0.389 e. The molecule has 2 atom stereocenters. The van der Waals surface area contributed by atoms with Gasteiger partial charge in [0.05, 0.1) is 23.7 Å². The summed E-state index contributed by atoms with van der Waals surface area (Å²) >= 11 is 0. The summed E-state index contributed by atoms with van der Waals surface area (Å²) in [5.41, 5.74) is 3.48. The first-order valence-corrected chi connectivity index (χ1v) is 8.80. The minimum absolute atomic E-state index is 0.417. The Morgan fingerprint density at radius 1 is 1.32 bits per heavy atom. The van der Waals surface area contributed by atoms with E-state index in [1.54, 1.807) is 6.92 Å². The van der Waals surface area contributed by atoms with Gasteiger partial charge in [0.1, 0.15) is 11.5 Å². The summed E-state index contributed by atoms with van der Waals surface area (Å²) < 4.78 is 1.98. The van der Waals surface area contributed by atoms with Gasteiger partial charge in [0, 0.05) is 18.8 Å². The maximum Gasteiger partial charge on any atom is 0.137 e. The molecule has 0 bridgehead atoms. The molecule has 4 heterocycles. The van der Waals surface area contributed by atoms with Gasteiger partial charge in [0.2, 0.25) is 0 Å². The topological polar surface area (TPSA) is 74.5 Å². The van der Waals surface area contributed by atoms with E-state index in [1.165, 1.54) is 6.42 Å². The summed E-state index contributed by atoms with van der Waals surface area (Å²) in [6.07, 6.45) is 5.59. The van der Waals surface area contributed by atoms with Crippen molar-refractivity contribution in [2.24, 2.45) is 0 Å². The fourth-order valence-electron chi connectivity index (χ4n) is 3.28. The van der Waals surface area contributed by atoms with Crippen molar-refractivity contribution in [1.29, 1.82) is 0 Å². The molecule has 1 aliphatic rings. The molecule has 0 aromatic carbocycles. The molecule has 3 aromatic rings. The van der Waals surface area contributed by atoms with E-state index >= 15 is 0 Å². The van der Waals surface area contributed by atoms with Crippen LogP contribution in [0.15, 0.2) is 42.7 Å². The number of fused-ring (bicyclic) bond motifs is 1. The van der Waals surface area contributed by atoms with Crippen molar-refractivity contribution in [3.8, 4) is 11.4 Å². The minimum Gasteiger partial charge on any atom is -0.389 e. The smallest absolute Gasteiger partial charge is 0.137 e. The molecule has 6 heteroatoms. The Morgan fingerprint density at radius 2 is 2.24 bits per heavy atom. The lowest BCUT2D eigenvalue weighted by Crippen LogP contribution is -2.38. The molecule has 3 N–H and O–H groups in total. The van der Waals surface area contributed by atoms with E-state index in [4.69, 9.17) is 4.98 Å². The fraction of sp³-hybridized carbons (Fsp3) is 0.368. The summed E-state index contributed by atoms with van der Waals surface area (Å²) in [6.45, 7) is 3.83. The van der Waals surface area contributed by atoms with Crippen LogP contribution in [0.25, 0.3) is 17.0 Å². The maximum absolute atomic E-state index is 9.84. The van der Waals surface area contributed by atoms with E-state index in [2.05, 4.69) is 15.6 Å². The molecule has 1 saturated heterocycles. The van der Waals surface area contributed by atoms with E-state index in [9.17, 15) is 5.11 Å². The molecule has 1 fully saturated rings. The first-order chi connectivity index (χ1) is 12.2. The molecule has 2 unspecified atom stereocenters. The van der Waals surface area contributed by atoms with Gasteiger partial charge >= 0.3 is 0 Å². The highest BCUT2D eigenvalue weighted by Gasteiger charge is 2.14. The summed E-state index contributed by atoms with van der Waals surface area (Å²) in [6, 6.07) is 10.2. The standard InChI is InChI=1S/C19H23N5O/c1-13(25)14-7-8-19-21-11-17(24(19)12-14)16-5-2-6-18(23-16)22-15-4-3-9-20-10-15/h2,5-8,11-13,15,20,25H,3-4,9-10H2,1H3,(H,22,23). The Kier molecular flexibility index (Phi) is 4.38. The second-order valence-corrected chi connectivity index (χ2v) is 6.61. The van der Waals surface area contributed by atoms with Gasteiger partial charge in [-0.1, -0.05) is 12.1 Å². The van der Waals surface area contributed by atoms with E-state index in [0.717, 1.165) is 47.9 Å². The van der Waals surface area contributed by atoms with Crippen molar-refractivity contribution in [2.75, 3.05) is 18.4 Å². The summed E-state index contributed by atoms with van der Waals surface area (Å²) in [5.74, 6) is 0.882. The van der Waals surface area contributed by atoms with Crippen LogP contribution >= 0.6 is 0 Å². The molecular formula is C19H23N5O. The monoisotopic (exact) mass is 337 g/mol. The third kappa shape index (κ3) is 3.36. The van der Waals surface area contributed by atoms with Crippen LogP contribution in [-0.4, -0.2) is 38.6 Å². The Balaban J connectivity index is 1.66. The van der Waals surface area contributed by atoms with Gasteiger partial charge in [-0.2, -0.15) is 0 Å². The first-order valence-electron chi connectivity index (χ1n) is 8.80. The predicted molar refractivity (Wildman–Crippen MR) is 98.6 cm³/mol. The van der Waals surface area contributed by atoms with E-state index in [0.29, 0.717) is 6.04 Å². The molecule has 0 spiro atoms. The number of piperidine rings is 1. The summed E-state index contributed by atoms with van der Waals surface area (Å²) in [4.78, 5) is 9.22. The summed E-state index contributed by atoms with van der Waals surface area (Å²) in [5, 5.41) is 16.8. The Hall–Kier alpha value is -2.44. The van der Waals surface area contributed by atoms with Crippen molar-refractivity contribution in [1.82, 2.24) is 19.7 Å². The highest BCUT2D eigenvalue weighted by molar-refractivity contribution is 5.62. The van der Waals surface area contributed by atoms with Crippen molar-refractivity contribution >= 4 is 11.5 Å². The van der Waals surface area contributed by atoms with Gasteiger partial charge in [-0.05, 0) is 50.1 Å². The van der Waals surface area contributed by atoms with Gasteiger partial charge in [0.15, 0.2) is 0 Å². The molecule has 1 aliphatic heterocycles. The fourth-order valence-corrected chi connectivity index (χ4v) is 3.28. The SMILES string of the molecule is CC(O)c1ccc2ncc(-c3cccc(NC4CCCNC4)n3)n2c1. The van der Waals surface area contributed by atoms with Gasteiger partial charge in [-0.3, -0.25) is 4.40 Å². The number of aromatic nitrogens is 3. The molecule has 130 valence electrons. The highest BCUT2D eigenvalue weighted by atomic mass is 16.3. The number of hydrogen-bond acceptors (Lipinski definition) is 5. The minimum atomic E-state index is -0.514. The zero-order valence-corrected chi connectivity index (χ0v) is 14.3. The molecule has 4 rings (SSSR count). The molecule has 25 heavy (non-hydrogen) atoms. The molecule has 0 radical (unpaired) electrons. The second kappa shape index (κ2) is 6.82. The number of anilines is 1. The average molecular weight is 337 g/mol. The third-order valence-electron chi connectivity index (χ3n) is 4.67. The van der Waals surface area contributed by atoms with Crippen LogP contribution in [-0.2, 0) is 0 Å². The van der Waals surface area contributed by atoms with Crippen molar-refractivity contribution in [3.05, 3.63) is 48.3 Å². The van der Waals surface area contributed by atoms with Gasteiger partial charge in [-0.15, -0.1) is 0 Å². The molecule has 0 amide bonds. The number of nitrogens with zero attached hydrogens (tertiary/aromatic N) is 3. The van der Waals surface area contributed by atoms with Gasteiger partial charge < -0.3 is 15.7 Å². The van der Waals surface area contributed by atoms with Crippen molar-refractivity contribution < 1.29 is 5.11 Å². The van der Waals surface area contributed by atoms with Crippen LogP contribution in [0.4, 0.5) is 5.82 Å². The number of pyridine rings is 2. The van der Waals surface area contributed by atoms with Crippen LogP contribution in [0, 0.1) is 0 Å². The molecule has 6 nitrogen and oxygen atoms in total. The van der Waals surface area contributed by atoms with Crippen LogP contribution in [0.2, 0.25) is 0 Å². The number of rotatable bonds is 4. The first kappa shape index (κ1) is 16.1. The van der Waals surface area contributed by atoms with E-state index < -0.39 is 6.10 Å². The number of imidazole rings is 1. The zero-order valence-electron chi connectivity index (χ0n) is 14.3. The van der Waals surface area contributed by atoms with Crippen molar-refractivity contribution in [2.45, 2.75) is 31.9 Å². The molecule has 0 saturated carbocycles. The van der Waals surface area contributed by atoms with Crippen LogP contribution < -0.4 is 10.6 Å². The predicted octanol–water partition coefficient (Wildman–Crippen LogP) is 2.61. The summed E-state index contributed by atoms with van der Waals surface area (Å²) in [7, 11) is 0. The van der Waals surface area contributed by atoms with Crippen molar-refractivity contribution in [3.63, 3.8) is 0 Å².